The van der Waals surface area contributed by atoms with Gasteiger partial charge in [-0.1, -0.05) is 19.1 Å². The van der Waals surface area contributed by atoms with Crippen molar-refractivity contribution in [1.82, 2.24) is 9.62 Å². The maximum atomic E-state index is 12.7. The van der Waals surface area contributed by atoms with Gasteiger partial charge in [-0.2, -0.15) is 0 Å². The van der Waals surface area contributed by atoms with Gasteiger partial charge in [-0.25, -0.2) is 17.9 Å². The van der Waals surface area contributed by atoms with Crippen LogP contribution in [0.25, 0.3) is 6.08 Å². The Morgan fingerprint density at radius 1 is 1.24 bits per heavy atom. The van der Waals surface area contributed by atoms with E-state index in [0.29, 0.717) is 17.9 Å². The molecule has 1 fully saturated rings. The number of carbonyl (C=O) groups is 2. The number of carbonyl (C=O) groups excluding carboxylic acids is 2. The minimum atomic E-state index is -3.70. The van der Waals surface area contributed by atoms with Crippen molar-refractivity contribution in [2.24, 2.45) is 0 Å². The third kappa shape index (κ3) is 6.79. The van der Waals surface area contributed by atoms with Crippen LogP contribution in [0.2, 0.25) is 0 Å². The average molecular weight is 475 g/mol. The second-order valence-electron chi connectivity index (χ2n) is 7.97. The number of likely N-dealkylation sites (tertiary alicyclic amines) is 1. The third-order valence-corrected chi connectivity index (χ3v) is 7.06. The molecular formula is C24H30N2O6S. The molecule has 2 aromatic rings. The SMILES string of the molecule is CCC1CCCCN1C(=O)C(C)OC(=O)/C=C/c1ccc(S(=O)(=O)NCc2ccco2)cc1. The lowest BCUT2D eigenvalue weighted by Gasteiger charge is -2.36. The van der Waals surface area contributed by atoms with E-state index >= 15 is 0 Å². The van der Waals surface area contributed by atoms with Crippen molar-refractivity contribution in [3.63, 3.8) is 0 Å². The molecule has 1 saturated heterocycles. The summed E-state index contributed by atoms with van der Waals surface area (Å²) in [5, 5.41) is 0. The highest BCUT2D eigenvalue weighted by Crippen LogP contribution is 2.21. The highest BCUT2D eigenvalue weighted by atomic mass is 32.2. The molecule has 1 amide bonds. The normalized spacial score (nSPS) is 17.8. The number of furan rings is 1. The summed E-state index contributed by atoms with van der Waals surface area (Å²) in [5.41, 5.74) is 0.623. The molecule has 2 heterocycles. The predicted octanol–water partition coefficient (Wildman–Crippen LogP) is 3.49. The Labute approximate surface area is 194 Å². The summed E-state index contributed by atoms with van der Waals surface area (Å²) >= 11 is 0. The molecule has 1 aromatic carbocycles. The Bertz CT molecular complexity index is 1060. The first kappa shape index (κ1) is 24.7. The zero-order valence-electron chi connectivity index (χ0n) is 18.9. The molecule has 178 valence electrons. The lowest BCUT2D eigenvalue weighted by atomic mass is 9.99. The van der Waals surface area contributed by atoms with Crippen molar-refractivity contribution in [2.45, 2.75) is 63.1 Å². The van der Waals surface area contributed by atoms with Crippen molar-refractivity contribution in [3.05, 3.63) is 60.1 Å². The van der Waals surface area contributed by atoms with Crippen LogP contribution in [-0.2, 0) is 30.9 Å². The van der Waals surface area contributed by atoms with Gasteiger partial charge in [0.1, 0.15) is 5.76 Å². The second-order valence-corrected chi connectivity index (χ2v) is 9.74. The smallest absolute Gasteiger partial charge is 0.331 e. The van der Waals surface area contributed by atoms with E-state index in [0.717, 1.165) is 25.7 Å². The van der Waals surface area contributed by atoms with Gasteiger partial charge in [0, 0.05) is 18.7 Å². The average Bonchev–Trinajstić information content (AvgIpc) is 3.35. The van der Waals surface area contributed by atoms with Gasteiger partial charge in [0.25, 0.3) is 5.91 Å². The third-order valence-electron chi connectivity index (χ3n) is 5.64. The monoisotopic (exact) mass is 474 g/mol. The van der Waals surface area contributed by atoms with Crippen LogP contribution in [0.5, 0.6) is 0 Å². The number of nitrogens with zero attached hydrogens (tertiary/aromatic N) is 1. The molecule has 9 heteroatoms. The number of amides is 1. The maximum absolute atomic E-state index is 12.7. The number of piperidine rings is 1. The van der Waals surface area contributed by atoms with E-state index in [1.54, 1.807) is 31.2 Å². The first-order valence-electron chi connectivity index (χ1n) is 11.1. The Kier molecular flexibility index (Phi) is 8.46. The minimum Gasteiger partial charge on any atom is -0.468 e. The van der Waals surface area contributed by atoms with Gasteiger partial charge in [0.2, 0.25) is 10.0 Å². The van der Waals surface area contributed by atoms with E-state index < -0.39 is 22.1 Å². The number of rotatable bonds is 9. The van der Waals surface area contributed by atoms with Gasteiger partial charge in [-0.15, -0.1) is 0 Å². The number of esters is 1. The molecule has 33 heavy (non-hydrogen) atoms. The number of ether oxygens (including phenoxy) is 1. The Balaban J connectivity index is 1.53. The summed E-state index contributed by atoms with van der Waals surface area (Å²) in [7, 11) is -3.70. The molecule has 3 rings (SSSR count). The molecule has 1 aromatic heterocycles. The van der Waals surface area contributed by atoms with E-state index in [-0.39, 0.29) is 23.4 Å². The van der Waals surface area contributed by atoms with Crippen LogP contribution in [0.15, 0.2) is 58.1 Å². The highest BCUT2D eigenvalue weighted by Gasteiger charge is 2.30. The zero-order chi connectivity index (χ0) is 23.8. The van der Waals surface area contributed by atoms with Gasteiger partial charge in [0.05, 0.1) is 17.7 Å². The Morgan fingerprint density at radius 3 is 2.67 bits per heavy atom. The van der Waals surface area contributed by atoms with Crippen LogP contribution < -0.4 is 4.72 Å². The molecule has 1 N–H and O–H groups in total. The summed E-state index contributed by atoms with van der Waals surface area (Å²) in [6.07, 6.45) is 7.30. The van der Waals surface area contributed by atoms with Crippen LogP contribution in [0.1, 0.15) is 50.9 Å². The number of hydrogen-bond acceptors (Lipinski definition) is 6. The molecular weight excluding hydrogens is 444 g/mol. The zero-order valence-corrected chi connectivity index (χ0v) is 19.7. The first-order valence-corrected chi connectivity index (χ1v) is 12.6. The van der Waals surface area contributed by atoms with Crippen LogP contribution in [0.4, 0.5) is 0 Å². The van der Waals surface area contributed by atoms with Crippen LogP contribution >= 0.6 is 0 Å². The molecule has 0 radical (unpaired) electrons. The molecule has 1 aliphatic heterocycles. The minimum absolute atomic E-state index is 0.0518. The summed E-state index contributed by atoms with van der Waals surface area (Å²) < 4.78 is 37.6. The van der Waals surface area contributed by atoms with Crippen molar-refractivity contribution < 1.29 is 27.2 Å². The molecule has 2 atom stereocenters. The summed E-state index contributed by atoms with van der Waals surface area (Å²) in [4.78, 5) is 26.8. The molecule has 8 nitrogen and oxygen atoms in total. The van der Waals surface area contributed by atoms with E-state index in [1.165, 1.54) is 30.5 Å². The quantitative estimate of drug-likeness (QED) is 0.441. The van der Waals surface area contributed by atoms with Crippen LogP contribution in [-0.4, -0.2) is 43.9 Å². The van der Waals surface area contributed by atoms with E-state index in [1.807, 2.05) is 4.90 Å². The lowest BCUT2D eigenvalue weighted by Crippen LogP contribution is -2.48. The number of sulfonamides is 1. The fraction of sp³-hybridized carbons (Fsp3) is 0.417. The number of nitrogens with one attached hydrogen (secondary N) is 1. The van der Waals surface area contributed by atoms with Gasteiger partial charge in [-0.05, 0) is 68.5 Å². The van der Waals surface area contributed by atoms with Gasteiger partial charge < -0.3 is 14.1 Å². The van der Waals surface area contributed by atoms with E-state index in [2.05, 4.69) is 11.6 Å². The van der Waals surface area contributed by atoms with Crippen molar-refractivity contribution >= 4 is 28.0 Å². The Hall–Kier alpha value is -2.91. The van der Waals surface area contributed by atoms with Crippen molar-refractivity contribution in [2.75, 3.05) is 6.54 Å². The summed E-state index contributed by atoms with van der Waals surface area (Å²) in [6, 6.07) is 9.62. The summed E-state index contributed by atoms with van der Waals surface area (Å²) in [6.45, 7) is 4.39. The van der Waals surface area contributed by atoms with Crippen LogP contribution in [0.3, 0.4) is 0 Å². The van der Waals surface area contributed by atoms with Crippen molar-refractivity contribution in [3.8, 4) is 0 Å². The summed E-state index contributed by atoms with van der Waals surface area (Å²) in [5.74, 6) is -0.285. The van der Waals surface area contributed by atoms with Gasteiger partial charge in [0.15, 0.2) is 6.10 Å². The largest absolute Gasteiger partial charge is 0.468 e. The fourth-order valence-corrected chi connectivity index (χ4v) is 4.79. The van der Waals surface area contributed by atoms with Crippen molar-refractivity contribution in [1.29, 1.82) is 0 Å². The Morgan fingerprint density at radius 2 is 2.00 bits per heavy atom. The van der Waals surface area contributed by atoms with Gasteiger partial charge in [-0.3, -0.25) is 4.79 Å². The molecule has 2 unspecified atom stereocenters. The first-order chi connectivity index (χ1) is 15.8. The lowest BCUT2D eigenvalue weighted by molar-refractivity contribution is -0.157. The molecule has 0 spiro atoms. The maximum Gasteiger partial charge on any atom is 0.331 e. The van der Waals surface area contributed by atoms with E-state index in [9.17, 15) is 18.0 Å². The highest BCUT2D eigenvalue weighted by molar-refractivity contribution is 7.89. The molecule has 1 aliphatic rings. The second kappa shape index (κ2) is 11.3. The number of hydrogen-bond donors (Lipinski definition) is 1. The number of benzene rings is 1. The standard InChI is InChI=1S/C24H30N2O6S/c1-3-20-7-4-5-15-26(20)24(28)18(2)32-23(27)14-11-19-9-12-22(13-10-19)33(29,30)25-17-21-8-6-16-31-21/h6,8-14,16,18,20,25H,3-5,7,15,17H2,1-2H3/b14-11+. The van der Waals surface area contributed by atoms with E-state index in [4.69, 9.17) is 9.15 Å². The molecule has 0 aliphatic carbocycles. The van der Waals surface area contributed by atoms with Gasteiger partial charge >= 0.3 is 5.97 Å². The predicted molar refractivity (Wildman–Crippen MR) is 123 cm³/mol. The fourth-order valence-electron chi connectivity index (χ4n) is 3.80. The topological polar surface area (TPSA) is 106 Å². The molecule has 0 bridgehead atoms. The van der Waals surface area contributed by atoms with Crippen LogP contribution in [0, 0.1) is 0 Å². The molecule has 0 saturated carbocycles.